The molecular weight excluding hydrogens is 128 g/mol. The fraction of sp³-hybridized carbons (Fsp3) is 1.00. The first-order chi connectivity index (χ1) is 4.83. The minimum Gasteiger partial charge on any atom is -0.306 e. The maximum absolute atomic E-state index is 4.93. The van der Waals surface area contributed by atoms with E-state index in [2.05, 4.69) is 16.8 Å². The Morgan fingerprint density at radius 3 is 3.00 bits per heavy atom. The number of hydrogen-bond acceptors (Lipinski definition) is 3. The summed E-state index contributed by atoms with van der Waals surface area (Å²) in [5, 5.41) is 0. The van der Waals surface area contributed by atoms with Crippen LogP contribution in [0.4, 0.5) is 0 Å². The van der Waals surface area contributed by atoms with Crippen molar-refractivity contribution >= 4 is 0 Å². The Balaban J connectivity index is 2.06. The van der Waals surface area contributed by atoms with Crippen LogP contribution in [-0.4, -0.2) is 31.6 Å². The first kappa shape index (κ1) is 7.98. The highest BCUT2D eigenvalue weighted by Gasteiger charge is 2.18. The van der Waals surface area contributed by atoms with Gasteiger partial charge in [-0.3, -0.25) is 0 Å². The summed E-state index contributed by atoms with van der Waals surface area (Å²) in [4.78, 5) is 6.87. The number of nitrogens with two attached hydrogens (primary N) is 1. The second-order valence-corrected chi connectivity index (χ2v) is 3.08. The van der Waals surface area contributed by atoms with Crippen LogP contribution in [0.2, 0.25) is 0 Å². The molecule has 0 aliphatic carbocycles. The fourth-order valence-corrected chi connectivity index (χ4v) is 1.50. The largest absolute Gasteiger partial charge is 0.306 e. The molecule has 1 fully saturated rings. The standard InChI is InChI=1S/C7H16N2O/c1-9-4-2-7(6-9)3-5-10-8/h7H,2-6,8H2,1H3. The zero-order valence-corrected chi connectivity index (χ0v) is 6.55. The van der Waals surface area contributed by atoms with Crippen molar-refractivity contribution in [1.82, 2.24) is 4.90 Å². The number of hydrogen-bond donors (Lipinski definition) is 1. The van der Waals surface area contributed by atoms with Gasteiger partial charge in [0.25, 0.3) is 0 Å². The lowest BCUT2D eigenvalue weighted by Crippen LogP contribution is -2.15. The molecule has 0 spiro atoms. The van der Waals surface area contributed by atoms with Gasteiger partial charge >= 0.3 is 0 Å². The summed E-state index contributed by atoms with van der Waals surface area (Å²) in [5.41, 5.74) is 0. The van der Waals surface area contributed by atoms with Crippen LogP contribution in [0.1, 0.15) is 12.8 Å². The minimum absolute atomic E-state index is 0.707. The molecule has 60 valence electrons. The van der Waals surface area contributed by atoms with Gasteiger partial charge in [-0.2, -0.15) is 0 Å². The first-order valence-electron chi connectivity index (χ1n) is 3.83. The first-order valence-corrected chi connectivity index (χ1v) is 3.83. The van der Waals surface area contributed by atoms with Crippen LogP contribution in [0.3, 0.4) is 0 Å². The van der Waals surface area contributed by atoms with Gasteiger partial charge in [-0.05, 0) is 32.4 Å². The van der Waals surface area contributed by atoms with Crippen LogP contribution in [0.25, 0.3) is 0 Å². The molecule has 0 amide bonds. The van der Waals surface area contributed by atoms with Gasteiger partial charge in [-0.1, -0.05) is 0 Å². The van der Waals surface area contributed by atoms with E-state index in [4.69, 9.17) is 5.90 Å². The summed E-state index contributed by atoms with van der Waals surface area (Å²) in [6.45, 7) is 3.15. The van der Waals surface area contributed by atoms with E-state index in [1.54, 1.807) is 0 Å². The third kappa shape index (κ3) is 2.25. The van der Waals surface area contributed by atoms with Crippen molar-refractivity contribution in [2.24, 2.45) is 11.8 Å². The van der Waals surface area contributed by atoms with Crippen molar-refractivity contribution in [1.29, 1.82) is 0 Å². The molecule has 0 aromatic carbocycles. The lowest BCUT2D eigenvalue weighted by molar-refractivity contribution is 0.123. The third-order valence-corrected chi connectivity index (χ3v) is 2.13. The average Bonchev–Trinajstić information content (AvgIpc) is 2.31. The molecule has 3 heteroatoms. The van der Waals surface area contributed by atoms with Crippen LogP contribution >= 0.6 is 0 Å². The van der Waals surface area contributed by atoms with Crippen molar-refractivity contribution in [3.05, 3.63) is 0 Å². The van der Waals surface area contributed by atoms with Gasteiger partial charge < -0.3 is 9.74 Å². The molecule has 0 aromatic rings. The molecule has 1 rings (SSSR count). The molecule has 3 nitrogen and oxygen atoms in total. The maximum Gasteiger partial charge on any atom is 0.0682 e. The summed E-state index contributed by atoms with van der Waals surface area (Å²) in [6, 6.07) is 0. The summed E-state index contributed by atoms with van der Waals surface area (Å²) < 4.78 is 0. The topological polar surface area (TPSA) is 38.5 Å². The van der Waals surface area contributed by atoms with Gasteiger partial charge in [0.2, 0.25) is 0 Å². The molecular formula is C7H16N2O. The normalized spacial score (nSPS) is 27.6. The molecule has 1 heterocycles. The molecule has 0 aromatic heterocycles. The second-order valence-electron chi connectivity index (χ2n) is 3.08. The summed E-state index contributed by atoms with van der Waals surface area (Å²) >= 11 is 0. The molecule has 1 unspecified atom stereocenters. The van der Waals surface area contributed by atoms with E-state index < -0.39 is 0 Å². The van der Waals surface area contributed by atoms with Gasteiger partial charge in [0, 0.05) is 6.54 Å². The Morgan fingerprint density at radius 1 is 1.70 bits per heavy atom. The Kier molecular flexibility index (Phi) is 3.12. The third-order valence-electron chi connectivity index (χ3n) is 2.13. The smallest absolute Gasteiger partial charge is 0.0682 e. The van der Waals surface area contributed by atoms with Crippen LogP contribution in [0.5, 0.6) is 0 Å². The molecule has 1 aliphatic heterocycles. The van der Waals surface area contributed by atoms with E-state index in [1.807, 2.05) is 0 Å². The van der Waals surface area contributed by atoms with Gasteiger partial charge in [0.05, 0.1) is 6.61 Å². The SMILES string of the molecule is CN1CCC(CCON)C1. The summed E-state index contributed by atoms with van der Waals surface area (Å²) in [5.74, 6) is 5.74. The van der Waals surface area contributed by atoms with Crippen molar-refractivity contribution < 1.29 is 4.84 Å². The Bertz CT molecular complexity index is 97.6. The van der Waals surface area contributed by atoms with Crippen molar-refractivity contribution in [3.8, 4) is 0 Å². The number of nitrogens with zero attached hydrogens (tertiary/aromatic N) is 1. The highest BCUT2D eigenvalue weighted by Crippen LogP contribution is 2.17. The fourth-order valence-electron chi connectivity index (χ4n) is 1.50. The quantitative estimate of drug-likeness (QED) is 0.576. The highest BCUT2D eigenvalue weighted by molar-refractivity contribution is 4.72. The number of rotatable bonds is 3. The lowest BCUT2D eigenvalue weighted by Gasteiger charge is -2.08. The van der Waals surface area contributed by atoms with Crippen LogP contribution in [-0.2, 0) is 4.84 Å². The zero-order chi connectivity index (χ0) is 7.40. The van der Waals surface area contributed by atoms with E-state index in [-0.39, 0.29) is 0 Å². The van der Waals surface area contributed by atoms with Crippen molar-refractivity contribution in [2.75, 3.05) is 26.7 Å². The van der Waals surface area contributed by atoms with Gasteiger partial charge in [-0.15, -0.1) is 0 Å². The predicted molar refractivity (Wildman–Crippen MR) is 40.4 cm³/mol. The maximum atomic E-state index is 4.93. The lowest BCUT2D eigenvalue weighted by atomic mass is 10.1. The summed E-state index contributed by atoms with van der Waals surface area (Å²) in [6.07, 6.45) is 2.42. The number of likely N-dealkylation sites (tertiary alicyclic amines) is 1. The van der Waals surface area contributed by atoms with E-state index in [0.29, 0.717) is 6.61 Å². The average molecular weight is 144 g/mol. The molecule has 2 N–H and O–H groups in total. The molecule has 1 atom stereocenters. The molecule has 1 aliphatic rings. The van der Waals surface area contributed by atoms with E-state index in [9.17, 15) is 0 Å². The predicted octanol–water partition coefficient (Wildman–Crippen LogP) is 0.219. The summed E-state index contributed by atoms with van der Waals surface area (Å²) in [7, 11) is 2.16. The van der Waals surface area contributed by atoms with E-state index in [1.165, 1.54) is 19.5 Å². The zero-order valence-electron chi connectivity index (χ0n) is 6.55. The monoisotopic (exact) mass is 144 g/mol. The van der Waals surface area contributed by atoms with Crippen LogP contribution in [0, 0.1) is 5.92 Å². The minimum atomic E-state index is 0.707. The second kappa shape index (κ2) is 3.91. The van der Waals surface area contributed by atoms with Crippen LogP contribution < -0.4 is 5.90 Å². The molecule has 0 radical (unpaired) electrons. The van der Waals surface area contributed by atoms with Crippen molar-refractivity contribution in [3.63, 3.8) is 0 Å². The van der Waals surface area contributed by atoms with E-state index in [0.717, 1.165) is 12.3 Å². The Hall–Kier alpha value is -0.120. The highest BCUT2D eigenvalue weighted by atomic mass is 16.6. The molecule has 10 heavy (non-hydrogen) atoms. The van der Waals surface area contributed by atoms with Gasteiger partial charge in [-0.25, -0.2) is 5.90 Å². The molecule has 0 saturated carbocycles. The van der Waals surface area contributed by atoms with Gasteiger partial charge in [0.1, 0.15) is 0 Å². The molecule has 1 saturated heterocycles. The van der Waals surface area contributed by atoms with Crippen molar-refractivity contribution in [2.45, 2.75) is 12.8 Å². The Morgan fingerprint density at radius 2 is 2.50 bits per heavy atom. The van der Waals surface area contributed by atoms with Crippen LogP contribution in [0.15, 0.2) is 0 Å². The molecule has 0 bridgehead atoms. The Labute approximate surface area is 62.1 Å². The van der Waals surface area contributed by atoms with Gasteiger partial charge in [0.15, 0.2) is 0 Å². The van der Waals surface area contributed by atoms with E-state index >= 15 is 0 Å².